The van der Waals surface area contributed by atoms with Crippen LogP contribution in [0.5, 0.6) is 0 Å². The van der Waals surface area contributed by atoms with E-state index in [0.717, 1.165) is 25.0 Å². The Hall–Kier alpha value is -1.85. The van der Waals surface area contributed by atoms with Gasteiger partial charge in [-0.05, 0) is 32.6 Å². The highest BCUT2D eigenvalue weighted by Gasteiger charge is 2.30. The van der Waals surface area contributed by atoms with Crippen molar-refractivity contribution >= 4 is 11.9 Å². The second-order valence-electron chi connectivity index (χ2n) is 6.46. The van der Waals surface area contributed by atoms with Gasteiger partial charge in [0, 0.05) is 18.8 Å². The molecule has 2 fully saturated rings. The van der Waals surface area contributed by atoms with Crippen molar-refractivity contribution in [1.29, 1.82) is 0 Å². The monoisotopic (exact) mass is 305 g/mol. The maximum absolute atomic E-state index is 12.7. The van der Waals surface area contributed by atoms with E-state index >= 15 is 0 Å². The van der Waals surface area contributed by atoms with Crippen molar-refractivity contribution in [3.8, 4) is 0 Å². The first kappa shape index (κ1) is 15.1. The van der Waals surface area contributed by atoms with Gasteiger partial charge in [-0.3, -0.25) is 14.3 Å². The summed E-state index contributed by atoms with van der Waals surface area (Å²) in [5.41, 5.74) is 1.53. The fourth-order valence-electron chi connectivity index (χ4n) is 3.68. The van der Waals surface area contributed by atoms with Crippen LogP contribution in [-0.4, -0.2) is 44.8 Å². The van der Waals surface area contributed by atoms with Crippen LogP contribution in [0.3, 0.4) is 0 Å². The van der Waals surface area contributed by atoms with Crippen LogP contribution in [0.25, 0.3) is 0 Å². The van der Waals surface area contributed by atoms with Gasteiger partial charge in [0.25, 0.3) is 5.91 Å². The predicted octanol–water partition coefficient (Wildman–Crippen LogP) is 2.24. The zero-order chi connectivity index (χ0) is 15.7. The number of piperidine rings is 1. The molecule has 22 heavy (non-hydrogen) atoms. The van der Waals surface area contributed by atoms with Gasteiger partial charge in [0.1, 0.15) is 0 Å². The lowest BCUT2D eigenvalue weighted by Crippen LogP contribution is -2.42. The van der Waals surface area contributed by atoms with Crippen molar-refractivity contribution in [2.24, 2.45) is 5.92 Å². The molecule has 0 aromatic carbocycles. The second kappa shape index (κ2) is 6.10. The molecule has 1 amide bonds. The fraction of sp³-hybridized carbons (Fsp3) is 0.688. The quantitative estimate of drug-likeness (QED) is 0.929. The molecule has 6 nitrogen and oxygen atoms in total. The van der Waals surface area contributed by atoms with E-state index in [2.05, 4.69) is 5.10 Å². The molecule has 1 saturated carbocycles. The van der Waals surface area contributed by atoms with Crippen molar-refractivity contribution in [2.75, 3.05) is 13.1 Å². The summed E-state index contributed by atoms with van der Waals surface area (Å²) in [6.07, 6.45) is 7.75. The van der Waals surface area contributed by atoms with Crippen molar-refractivity contribution in [2.45, 2.75) is 51.5 Å². The molecule has 2 heterocycles. The molecule has 1 atom stereocenters. The number of hydrogen-bond donors (Lipinski definition) is 1. The van der Waals surface area contributed by atoms with Crippen LogP contribution in [0.15, 0.2) is 6.20 Å². The molecule has 0 radical (unpaired) electrons. The summed E-state index contributed by atoms with van der Waals surface area (Å²) in [5.74, 6) is -1.33. The van der Waals surface area contributed by atoms with Gasteiger partial charge in [0.05, 0.1) is 23.7 Å². The predicted molar refractivity (Wildman–Crippen MR) is 80.7 cm³/mol. The van der Waals surface area contributed by atoms with Crippen LogP contribution in [0.2, 0.25) is 0 Å². The first-order valence-corrected chi connectivity index (χ1v) is 8.14. The zero-order valence-corrected chi connectivity index (χ0v) is 13.0. The highest BCUT2D eigenvalue weighted by molar-refractivity contribution is 5.95. The molecule has 6 heteroatoms. The van der Waals surface area contributed by atoms with E-state index in [1.807, 2.05) is 11.6 Å². The van der Waals surface area contributed by atoms with Gasteiger partial charge >= 0.3 is 5.97 Å². The summed E-state index contributed by atoms with van der Waals surface area (Å²) in [6, 6.07) is 0.412. The number of hydrogen-bond acceptors (Lipinski definition) is 3. The van der Waals surface area contributed by atoms with Crippen LogP contribution in [0.1, 0.15) is 60.6 Å². The van der Waals surface area contributed by atoms with Gasteiger partial charge in [-0.1, -0.05) is 12.8 Å². The van der Waals surface area contributed by atoms with Crippen LogP contribution in [-0.2, 0) is 4.79 Å². The lowest BCUT2D eigenvalue weighted by Gasteiger charge is -2.30. The summed E-state index contributed by atoms with van der Waals surface area (Å²) in [4.78, 5) is 25.5. The third-order valence-electron chi connectivity index (χ3n) is 5.00. The first-order valence-electron chi connectivity index (χ1n) is 8.14. The molecule has 1 aliphatic carbocycles. The number of amides is 1. The smallest absolute Gasteiger partial charge is 0.308 e. The number of nitrogens with zero attached hydrogens (tertiary/aromatic N) is 3. The molecule has 120 valence electrons. The molecular formula is C16H23N3O3. The Balaban J connectivity index is 1.76. The average Bonchev–Trinajstić information content (AvgIpc) is 3.16. The van der Waals surface area contributed by atoms with Crippen molar-refractivity contribution < 1.29 is 14.7 Å². The van der Waals surface area contributed by atoms with Gasteiger partial charge in [0.2, 0.25) is 0 Å². The highest BCUT2D eigenvalue weighted by atomic mass is 16.4. The minimum atomic E-state index is -0.809. The Kier molecular flexibility index (Phi) is 4.18. The van der Waals surface area contributed by atoms with Crippen molar-refractivity contribution in [1.82, 2.24) is 14.7 Å². The third-order valence-corrected chi connectivity index (χ3v) is 5.00. The lowest BCUT2D eigenvalue weighted by molar-refractivity contribution is -0.143. The summed E-state index contributed by atoms with van der Waals surface area (Å²) < 4.78 is 1.98. The molecule has 1 aliphatic heterocycles. The number of carbonyl (C=O) groups excluding carboxylic acids is 1. The van der Waals surface area contributed by atoms with Crippen LogP contribution < -0.4 is 0 Å². The third kappa shape index (κ3) is 2.74. The van der Waals surface area contributed by atoms with Gasteiger partial charge in [0.15, 0.2) is 0 Å². The Bertz CT molecular complexity index is 575. The zero-order valence-electron chi connectivity index (χ0n) is 13.0. The summed E-state index contributed by atoms with van der Waals surface area (Å²) in [7, 11) is 0. The number of carboxylic acids is 1. The van der Waals surface area contributed by atoms with E-state index in [0.29, 0.717) is 31.1 Å². The number of aromatic nitrogens is 2. The largest absolute Gasteiger partial charge is 0.481 e. The van der Waals surface area contributed by atoms with Crippen LogP contribution in [0.4, 0.5) is 0 Å². The maximum atomic E-state index is 12.7. The molecule has 1 saturated heterocycles. The van der Waals surface area contributed by atoms with Crippen LogP contribution >= 0.6 is 0 Å². The van der Waals surface area contributed by atoms with Gasteiger partial charge in [-0.2, -0.15) is 5.10 Å². The number of carboxylic acid groups (broad SMARTS) is 1. The number of carbonyl (C=O) groups is 2. The minimum absolute atomic E-state index is 0.0762. The van der Waals surface area contributed by atoms with E-state index in [4.69, 9.17) is 5.11 Å². The SMILES string of the molecule is Cc1c(C(=O)N2CCCC(C(=O)O)C2)cnn1C1CCCC1. The van der Waals surface area contributed by atoms with E-state index in [1.54, 1.807) is 11.1 Å². The Labute approximate surface area is 130 Å². The highest BCUT2D eigenvalue weighted by Crippen LogP contribution is 2.31. The molecule has 1 aromatic rings. The molecule has 0 bridgehead atoms. The Morgan fingerprint density at radius 3 is 2.64 bits per heavy atom. The number of likely N-dealkylation sites (tertiary alicyclic amines) is 1. The number of aliphatic carboxylic acids is 1. The topological polar surface area (TPSA) is 75.4 Å². The maximum Gasteiger partial charge on any atom is 0.308 e. The molecular weight excluding hydrogens is 282 g/mol. The van der Waals surface area contributed by atoms with Crippen LogP contribution in [0, 0.1) is 12.8 Å². The molecule has 1 unspecified atom stereocenters. The number of rotatable bonds is 3. The van der Waals surface area contributed by atoms with E-state index in [9.17, 15) is 9.59 Å². The van der Waals surface area contributed by atoms with Crippen molar-refractivity contribution in [3.63, 3.8) is 0 Å². The summed E-state index contributed by atoms with van der Waals surface area (Å²) in [6.45, 7) is 2.88. The van der Waals surface area contributed by atoms with Gasteiger partial charge < -0.3 is 10.0 Å². The molecule has 0 spiro atoms. The fourth-order valence-corrected chi connectivity index (χ4v) is 3.68. The average molecular weight is 305 g/mol. The lowest BCUT2D eigenvalue weighted by atomic mass is 9.97. The molecule has 3 rings (SSSR count). The molecule has 2 aliphatic rings. The van der Waals surface area contributed by atoms with E-state index in [1.165, 1.54) is 12.8 Å². The van der Waals surface area contributed by atoms with E-state index in [-0.39, 0.29) is 5.91 Å². The Morgan fingerprint density at radius 1 is 1.23 bits per heavy atom. The van der Waals surface area contributed by atoms with Gasteiger partial charge in [-0.15, -0.1) is 0 Å². The summed E-state index contributed by atoms with van der Waals surface area (Å²) >= 11 is 0. The second-order valence-corrected chi connectivity index (χ2v) is 6.46. The van der Waals surface area contributed by atoms with Crippen molar-refractivity contribution in [3.05, 3.63) is 17.5 Å². The van der Waals surface area contributed by atoms with Gasteiger partial charge in [-0.25, -0.2) is 0 Å². The standard InChI is InChI=1S/C16H23N3O3/c1-11-14(9-17-19(11)13-6-2-3-7-13)15(20)18-8-4-5-12(10-18)16(21)22/h9,12-13H,2-8,10H2,1H3,(H,21,22). The Morgan fingerprint density at radius 2 is 1.95 bits per heavy atom. The minimum Gasteiger partial charge on any atom is -0.481 e. The summed E-state index contributed by atoms with van der Waals surface area (Å²) in [5, 5.41) is 13.6. The normalized spacial score (nSPS) is 23.0. The molecule has 1 N–H and O–H groups in total. The van der Waals surface area contributed by atoms with E-state index < -0.39 is 11.9 Å². The molecule has 1 aromatic heterocycles. The first-order chi connectivity index (χ1) is 10.6.